The van der Waals surface area contributed by atoms with Crippen molar-refractivity contribution in [1.82, 2.24) is 25.3 Å². The number of hydrogen-bond donors (Lipinski definition) is 3. The molecule has 0 spiro atoms. The standard InChI is InChI=1S/C26H31FN6O6S2/c1-16(2)23(13-29-22(25(34)35)11-17-3-5-19(6-4-17)38-10-9-27)33-14-18(31-32-33)15-39-20-7-8-21-24(12-20)40-26(30-21)41(28,36)37/h3-8,12,14,16,22-23,29H,9-11,13,15H2,1-2H3,(H,34,35)(H2,28,36,37)/t22-,23+/m0/s1. The van der Waals surface area contributed by atoms with Crippen LogP contribution in [0.5, 0.6) is 11.5 Å². The Bertz CT molecular complexity index is 1570. The topological polar surface area (TPSA) is 172 Å². The number of fused-ring (bicyclic) bond motifs is 1. The largest absolute Gasteiger partial charge is 0.491 e. The molecule has 0 aliphatic carbocycles. The van der Waals surface area contributed by atoms with Crippen LogP contribution in [0.3, 0.4) is 0 Å². The quantitative estimate of drug-likeness (QED) is 0.183. The van der Waals surface area contributed by atoms with Crippen molar-refractivity contribution in [3.63, 3.8) is 0 Å². The number of primary sulfonamides is 1. The molecule has 2 atom stereocenters. The summed E-state index contributed by atoms with van der Waals surface area (Å²) in [7, 11) is -3.89. The highest BCUT2D eigenvalue weighted by atomic mass is 32.2. The lowest BCUT2D eigenvalue weighted by atomic mass is 10.0. The monoisotopic (exact) mass is 606 g/mol. The first-order chi connectivity index (χ1) is 19.5. The fourth-order valence-electron chi connectivity index (χ4n) is 4.05. The first-order valence-corrected chi connectivity index (χ1v) is 15.1. The SMILES string of the molecule is CC(C)[C@@H](CN[C@@H](Cc1ccc(OCCF)cc1)C(=O)O)n1cc(COc2ccc3nc(S(N)(=O)=O)sc3c2)nn1. The second-order valence-electron chi connectivity index (χ2n) is 9.63. The van der Waals surface area contributed by atoms with Crippen molar-refractivity contribution in [3.8, 4) is 11.5 Å². The van der Waals surface area contributed by atoms with E-state index in [1.165, 1.54) is 0 Å². The van der Waals surface area contributed by atoms with Gasteiger partial charge in [-0.15, -0.1) is 16.4 Å². The van der Waals surface area contributed by atoms with E-state index in [1.807, 2.05) is 13.8 Å². The summed E-state index contributed by atoms with van der Waals surface area (Å²) in [6, 6.07) is 10.9. The Morgan fingerprint density at radius 2 is 1.90 bits per heavy atom. The molecule has 220 valence electrons. The van der Waals surface area contributed by atoms with Crippen molar-refractivity contribution in [1.29, 1.82) is 0 Å². The summed E-state index contributed by atoms with van der Waals surface area (Å²) in [5, 5.41) is 26.5. The number of rotatable bonds is 15. The summed E-state index contributed by atoms with van der Waals surface area (Å²) >= 11 is 0.962. The molecule has 0 saturated carbocycles. The molecule has 15 heteroatoms. The predicted molar refractivity (Wildman–Crippen MR) is 150 cm³/mol. The molecule has 0 bridgehead atoms. The summed E-state index contributed by atoms with van der Waals surface area (Å²) in [4.78, 5) is 16.0. The van der Waals surface area contributed by atoms with Crippen LogP contribution in [0.25, 0.3) is 10.2 Å². The molecule has 2 aromatic heterocycles. The van der Waals surface area contributed by atoms with E-state index in [9.17, 15) is 22.7 Å². The van der Waals surface area contributed by atoms with Crippen LogP contribution in [0.15, 0.2) is 53.0 Å². The van der Waals surface area contributed by atoms with Crippen LogP contribution >= 0.6 is 11.3 Å². The number of nitrogens with one attached hydrogen (secondary N) is 1. The van der Waals surface area contributed by atoms with Gasteiger partial charge < -0.3 is 19.9 Å². The summed E-state index contributed by atoms with van der Waals surface area (Å²) in [5.41, 5.74) is 1.87. The molecule has 2 aromatic carbocycles. The number of benzene rings is 2. The molecule has 41 heavy (non-hydrogen) atoms. The third-order valence-corrected chi connectivity index (χ3v) is 8.56. The molecule has 4 aromatic rings. The minimum absolute atomic E-state index is 0.0295. The van der Waals surface area contributed by atoms with Gasteiger partial charge in [-0.1, -0.05) is 31.2 Å². The second-order valence-corrected chi connectivity index (χ2v) is 12.4. The van der Waals surface area contributed by atoms with E-state index in [1.54, 1.807) is 53.3 Å². The molecular weight excluding hydrogens is 575 g/mol. The summed E-state index contributed by atoms with van der Waals surface area (Å²) in [6.45, 7) is 3.86. The maximum Gasteiger partial charge on any atom is 0.321 e. The van der Waals surface area contributed by atoms with Crippen LogP contribution in [0.2, 0.25) is 0 Å². The molecule has 12 nitrogen and oxygen atoms in total. The highest BCUT2D eigenvalue weighted by molar-refractivity contribution is 7.91. The third-order valence-electron chi connectivity index (χ3n) is 6.22. The zero-order chi connectivity index (χ0) is 29.6. The number of thiazole rings is 1. The Kier molecular flexibility index (Phi) is 9.86. The van der Waals surface area contributed by atoms with Crippen LogP contribution in [-0.4, -0.2) is 65.3 Å². The number of nitrogens with two attached hydrogens (primary N) is 1. The molecule has 0 unspecified atom stereocenters. The van der Waals surface area contributed by atoms with Gasteiger partial charge in [0.05, 0.1) is 22.5 Å². The zero-order valence-electron chi connectivity index (χ0n) is 22.4. The van der Waals surface area contributed by atoms with E-state index in [-0.39, 0.29) is 35.9 Å². The molecule has 0 aliphatic rings. The van der Waals surface area contributed by atoms with E-state index in [4.69, 9.17) is 14.6 Å². The first kappa shape index (κ1) is 30.3. The van der Waals surface area contributed by atoms with Crippen molar-refractivity contribution in [2.75, 3.05) is 19.8 Å². The predicted octanol–water partition coefficient (Wildman–Crippen LogP) is 2.95. The number of carboxylic acid groups (broad SMARTS) is 1. The van der Waals surface area contributed by atoms with E-state index >= 15 is 0 Å². The van der Waals surface area contributed by atoms with Crippen LogP contribution in [0.1, 0.15) is 31.1 Å². The lowest BCUT2D eigenvalue weighted by Gasteiger charge is -2.24. The molecule has 0 aliphatic heterocycles. The number of nitrogens with zero attached hydrogens (tertiary/aromatic N) is 4. The van der Waals surface area contributed by atoms with Gasteiger partial charge in [-0.2, -0.15) is 0 Å². The smallest absolute Gasteiger partial charge is 0.321 e. The summed E-state index contributed by atoms with van der Waals surface area (Å²) in [6.07, 6.45) is 2.01. The number of hydrogen-bond acceptors (Lipinski definition) is 10. The fourth-order valence-corrected chi connectivity index (χ4v) is 5.74. The van der Waals surface area contributed by atoms with E-state index in [0.29, 0.717) is 34.0 Å². The molecule has 0 radical (unpaired) electrons. The van der Waals surface area contributed by atoms with Gasteiger partial charge >= 0.3 is 5.97 Å². The molecule has 0 saturated heterocycles. The number of halogens is 1. The molecule has 0 fully saturated rings. The van der Waals surface area contributed by atoms with E-state index in [0.717, 1.165) is 16.9 Å². The number of ether oxygens (including phenoxy) is 2. The van der Waals surface area contributed by atoms with Gasteiger partial charge in [-0.05, 0) is 48.2 Å². The minimum Gasteiger partial charge on any atom is -0.491 e. The lowest BCUT2D eigenvalue weighted by Crippen LogP contribution is -2.42. The first-order valence-electron chi connectivity index (χ1n) is 12.7. The average Bonchev–Trinajstić information content (AvgIpc) is 3.57. The second kappa shape index (κ2) is 13.3. The number of alkyl halides is 1. The number of aliphatic carboxylic acids is 1. The van der Waals surface area contributed by atoms with Crippen LogP contribution < -0.4 is 19.9 Å². The third kappa shape index (κ3) is 8.19. The van der Waals surface area contributed by atoms with Crippen molar-refractivity contribution < 1.29 is 32.2 Å². The van der Waals surface area contributed by atoms with Gasteiger partial charge in [0.25, 0.3) is 10.0 Å². The van der Waals surface area contributed by atoms with Crippen molar-refractivity contribution >= 4 is 37.5 Å². The maximum atomic E-state index is 12.3. The van der Waals surface area contributed by atoms with Crippen molar-refractivity contribution in [3.05, 3.63) is 59.9 Å². The Morgan fingerprint density at radius 3 is 2.56 bits per heavy atom. The van der Waals surface area contributed by atoms with E-state index in [2.05, 4.69) is 20.6 Å². The maximum absolute atomic E-state index is 12.3. The highest BCUT2D eigenvalue weighted by Gasteiger charge is 2.23. The Balaban J connectivity index is 1.36. The lowest BCUT2D eigenvalue weighted by molar-refractivity contribution is -0.139. The van der Waals surface area contributed by atoms with Crippen molar-refractivity contribution in [2.24, 2.45) is 11.1 Å². The normalized spacial score (nSPS) is 13.4. The van der Waals surface area contributed by atoms with Crippen molar-refractivity contribution in [2.45, 2.75) is 43.3 Å². The van der Waals surface area contributed by atoms with Crippen LogP contribution in [0, 0.1) is 5.92 Å². The van der Waals surface area contributed by atoms with E-state index < -0.39 is 28.7 Å². The number of carbonyl (C=O) groups is 1. The Morgan fingerprint density at radius 1 is 1.17 bits per heavy atom. The Labute approximate surface area is 240 Å². The summed E-state index contributed by atoms with van der Waals surface area (Å²) in [5.74, 6) is 0.163. The molecule has 4 rings (SSSR count). The van der Waals surface area contributed by atoms with Crippen LogP contribution in [-0.2, 0) is 27.8 Å². The summed E-state index contributed by atoms with van der Waals surface area (Å²) < 4.78 is 48.7. The highest BCUT2D eigenvalue weighted by Crippen LogP contribution is 2.28. The molecule has 2 heterocycles. The minimum atomic E-state index is -3.89. The van der Waals surface area contributed by atoms with Gasteiger partial charge in [0.15, 0.2) is 0 Å². The number of carboxylic acids is 1. The van der Waals surface area contributed by atoms with Gasteiger partial charge in [0.1, 0.15) is 43.1 Å². The number of aromatic nitrogens is 4. The average molecular weight is 607 g/mol. The van der Waals surface area contributed by atoms with Gasteiger partial charge in [0, 0.05) is 6.54 Å². The zero-order valence-corrected chi connectivity index (χ0v) is 24.1. The fraction of sp³-hybridized carbons (Fsp3) is 0.385. The molecule has 4 N–H and O–H groups in total. The van der Waals surface area contributed by atoms with Gasteiger partial charge in [-0.3, -0.25) is 4.79 Å². The van der Waals surface area contributed by atoms with Crippen LogP contribution in [0.4, 0.5) is 4.39 Å². The van der Waals surface area contributed by atoms with Gasteiger partial charge in [-0.25, -0.2) is 27.6 Å². The molecular formula is C26H31FN6O6S2. The molecule has 0 amide bonds. The Hall–Kier alpha value is -3.66. The number of sulfonamides is 1. The van der Waals surface area contributed by atoms with Gasteiger partial charge in [0.2, 0.25) is 4.34 Å².